The van der Waals surface area contributed by atoms with Gasteiger partial charge in [-0.1, -0.05) is 44.2 Å². The molecule has 0 bridgehead atoms. The Balaban J connectivity index is 2.21. The number of rotatable bonds is 10. The Hall–Kier alpha value is -2.18. The minimum absolute atomic E-state index is 0.0705. The highest BCUT2D eigenvalue weighted by atomic mass is 32.1. The standard InChI is InChI=1S/C21H28N2O3S/c1-4-12-23(13-5-2)15-19(24)22-20-17(21(25)26-6-3)14-18(27-20)16-10-8-7-9-11-16/h7-11,14H,4-6,12-13,15H2,1-3H3,(H,22,24)/p+1. The number of amides is 1. The molecule has 6 heteroatoms. The van der Waals surface area contributed by atoms with E-state index in [-0.39, 0.29) is 5.91 Å². The number of carbonyl (C=O) groups excluding carboxylic acids is 2. The lowest BCUT2D eigenvalue weighted by molar-refractivity contribution is -0.891. The van der Waals surface area contributed by atoms with Gasteiger partial charge in [0.05, 0.1) is 25.3 Å². The first kappa shape index (κ1) is 21.1. The molecule has 2 aromatic rings. The van der Waals surface area contributed by atoms with E-state index >= 15 is 0 Å². The third-order valence-corrected chi connectivity index (χ3v) is 5.26. The van der Waals surface area contributed by atoms with Crippen molar-refractivity contribution in [2.75, 3.05) is 31.6 Å². The molecule has 0 unspecified atom stereocenters. The SMILES string of the molecule is CCC[NH+](CCC)CC(=O)Nc1sc(-c2ccccc2)cc1C(=O)OCC. The summed E-state index contributed by atoms with van der Waals surface area (Å²) in [5.74, 6) is -0.475. The van der Waals surface area contributed by atoms with E-state index in [1.54, 1.807) is 13.0 Å². The highest BCUT2D eigenvalue weighted by Crippen LogP contribution is 2.35. The minimum Gasteiger partial charge on any atom is -0.462 e. The second-order valence-electron chi connectivity index (χ2n) is 6.41. The van der Waals surface area contributed by atoms with Crippen LogP contribution >= 0.6 is 11.3 Å². The van der Waals surface area contributed by atoms with Crippen molar-refractivity contribution in [1.29, 1.82) is 0 Å². The molecule has 146 valence electrons. The van der Waals surface area contributed by atoms with Gasteiger partial charge in [-0.2, -0.15) is 0 Å². The van der Waals surface area contributed by atoms with E-state index in [4.69, 9.17) is 4.74 Å². The molecule has 1 aromatic carbocycles. The number of hydrogen-bond acceptors (Lipinski definition) is 4. The van der Waals surface area contributed by atoms with Gasteiger partial charge in [0.25, 0.3) is 5.91 Å². The zero-order valence-corrected chi connectivity index (χ0v) is 17.2. The Morgan fingerprint density at radius 3 is 2.33 bits per heavy atom. The maximum atomic E-state index is 12.6. The van der Waals surface area contributed by atoms with Crippen LogP contribution in [-0.4, -0.2) is 38.1 Å². The summed E-state index contributed by atoms with van der Waals surface area (Å²) in [5.41, 5.74) is 1.43. The average molecular weight is 390 g/mol. The van der Waals surface area contributed by atoms with Crippen molar-refractivity contribution < 1.29 is 19.2 Å². The summed E-state index contributed by atoms with van der Waals surface area (Å²) in [6.45, 7) is 8.65. The van der Waals surface area contributed by atoms with Gasteiger partial charge in [-0.05, 0) is 31.4 Å². The smallest absolute Gasteiger partial charge is 0.341 e. The maximum Gasteiger partial charge on any atom is 0.341 e. The van der Waals surface area contributed by atoms with Gasteiger partial charge >= 0.3 is 5.97 Å². The molecule has 27 heavy (non-hydrogen) atoms. The Labute approximate surface area is 165 Å². The Bertz CT molecular complexity index is 737. The summed E-state index contributed by atoms with van der Waals surface area (Å²) in [5, 5.41) is 3.51. The van der Waals surface area contributed by atoms with Gasteiger partial charge in [0, 0.05) is 4.88 Å². The van der Waals surface area contributed by atoms with Crippen LogP contribution in [0.4, 0.5) is 5.00 Å². The van der Waals surface area contributed by atoms with Crippen molar-refractivity contribution in [3.63, 3.8) is 0 Å². The van der Waals surface area contributed by atoms with Crippen LogP contribution in [0.2, 0.25) is 0 Å². The van der Waals surface area contributed by atoms with Gasteiger partial charge in [-0.15, -0.1) is 11.3 Å². The molecule has 0 aliphatic heterocycles. The van der Waals surface area contributed by atoms with Gasteiger partial charge in [0.1, 0.15) is 5.00 Å². The van der Waals surface area contributed by atoms with Gasteiger partial charge < -0.3 is 15.0 Å². The largest absolute Gasteiger partial charge is 0.462 e. The van der Waals surface area contributed by atoms with Crippen LogP contribution < -0.4 is 10.2 Å². The van der Waals surface area contributed by atoms with Gasteiger partial charge in [0.15, 0.2) is 6.54 Å². The molecule has 1 heterocycles. The van der Waals surface area contributed by atoms with Crippen LogP contribution in [0.1, 0.15) is 44.0 Å². The number of ether oxygens (including phenoxy) is 1. The summed E-state index contributed by atoms with van der Waals surface area (Å²) in [6.07, 6.45) is 2.07. The van der Waals surface area contributed by atoms with Crippen LogP contribution in [-0.2, 0) is 9.53 Å². The predicted molar refractivity (Wildman–Crippen MR) is 110 cm³/mol. The normalized spacial score (nSPS) is 10.8. The zero-order valence-electron chi connectivity index (χ0n) is 16.3. The van der Waals surface area contributed by atoms with E-state index in [2.05, 4.69) is 19.2 Å². The van der Waals surface area contributed by atoms with E-state index in [0.29, 0.717) is 23.7 Å². The summed E-state index contributed by atoms with van der Waals surface area (Å²) in [7, 11) is 0. The lowest BCUT2D eigenvalue weighted by Crippen LogP contribution is -3.13. The summed E-state index contributed by atoms with van der Waals surface area (Å²) in [4.78, 5) is 27.1. The number of quaternary nitrogens is 1. The number of esters is 1. The Kier molecular flexibility index (Phi) is 8.48. The molecule has 0 atom stereocenters. The number of anilines is 1. The molecule has 0 fully saturated rings. The summed E-state index contributed by atoms with van der Waals surface area (Å²) in [6, 6.07) is 11.6. The Morgan fingerprint density at radius 1 is 1.07 bits per heavy atom. The lowest BCUT2D eigenvalue weighted by Gasteiger charge is -2.17. The molecule has 0 aliphatic carbocycles. The fraction of sp³-hybridized carbons (Fsp3) is 0.429. The molecule has 1 amide bonds. The number of benzene rings is 1. The molecular formula is C21H29N2O3S+. The van der Waals surface area contributed by atoms with Crippen LogP contribution in [0.3, 0.4) is 0 Å². The molecule has 0 radical (unpaired) electrons. The minimum atomic E-state index is -0.405. The highest BCUT2D eigenvalue weighted by Gasteiger charge is 2.21. The average Bonchev–Trinajstić information content (AvgIpc) is 3.07. The van der Waals surface area contributed by atoms with E-state index < -0.39 is 5.97 Å². The van der Waals surface area contributed by atoms with Crippen LogP contribution in [0.25, 0.3) is 10.4 Å². The Morgan fingerprint density at radius 2 is 1.74 bits per heavy atom. The van der Waals surface area contributed by atoms with Crippen molar-refractivity contribution in [2.24, 2.45) is 0 Å². The topological polar surface area (TPSA) is 59.8 Å². The number of thiophene rings is 1. The molecule has 0 saturated carbocycles. The van der Waals surface area contributed by atoms with Gasteiger partial charge in [0.2, 0.25) is 0 Å². The fourth-order valence-corrected chi connectivity index (χ4v) is 4.06. The van der Waals surface area contributed by atoms with Crippen molar-refractivity contribution in [3.05, 3.63) is 42.0 Å². The monoisotopic (exact) mass is 389 g/mol. The van der Waals surface area contributed by atoms with E-state index in [1.165, 1.54) is 16.2 Å². The molecule has 2 rings (SSSR count). The van der Waals surface area contributed by atoms with Crippen LogP contribution in [0, 0.1) is 0 Å². The number of carbonyl (C=O) groups is 2. The number of hydrogen-bond donors (Lipinski definition) is 2. The molecule has 0 aliphatic rings. The quantitative estimate of drug-likeness (QED) is 0.614. The first-order valence-corrected chi connectivity index (χ1v) is 10.4. The molecule has 2 N–H and O–H groups in total. The highest BCUT2D eigenvalue weighted by molar-refractivity contribution is 7.20. The first-order valence-electron chi connectivity index (χ1n) is 9.58. The van der Waals surface area contributed by atoms with Crippen molar-refractivity contribution >= 4 is 28.2 Å². The second kappa shape index (κ2) is 10.8. The van der Waals surface area contributed by atoms with Crippen LogP contribution in [0.15, 0.2) is 36.4 Å². The molecule has 0 saturated heterocycles. The fourth-order valence-electron chi connectivity index (χ4n) is 3.00. The van der Waals surface area contributed by atoms with Gasteiger partial charge in [-0.3, -0.25) is 4.79 Å². The molecule has 0 spiro atoms. The van der Waals surface area contributed by atoms with E-state index in [9.17, 15) is 9.59 Å². The third kappa shape index (κ3) is 6.19. The first-order chi connectivity index (χ1) is 13.1. The van der Waals surface area contributed by atoms with E-state index in [0.717, 1.165) is 36.4 Å². The lowest BCUT2D eigenvalue weighted by atomic mass is 10.1. The van der Waals surface area contributed by atoms with E-state index in [1.807, 2.05) is 30.3 Å². The summed E-state index contributed by atoms with van der Waals surface area (Å²) < 4.78 is 5.17. The molecule has 1 aromatic heterocycles. The molecule has 5 nitrogen and oxygen atoms in total. The van der Waals surface area contributed by atoms with Crippen molar-refractivity contribution in [3.8, 4) is 10.4 Å². The maximum absolute atomic E-state index is 12.6. The second-order valence-corrected chi connectivity index (χ2v) is 7.47. The third-order valence-electron chi connectivity index (χ3n) is 4.16. The number of nitrogens with one attached hydrogen (secondary N) is 2. The molecular weight excluding hydrogens is 360 g/mol. The van der Waals surface area contributed by atoms with Crippen molar-refractivity contribution in [1.82, 2.24) is 0 Å². The summed E-state index contributed by atoms with van der Waals surface area (Å²) >= 11 is 1.41. The van der Waals surface area contributed by atoms with Gasteiger partial charge in [-0.25, -0.2) is 4.79 Å². The zero-order chi connectivity index (χ0) is 19.6. The van der Waals surface area contributed by atoms with Crippen molar-refractivity contribution in [2.45, 2.75) is 33.6 Å². The predicted octanol–water partition coefficient (Wildman–Crippen LogP) is 3.24. The van der Waals surface area contributed by atoms with Crippen LogP contribution in [0.5, 0.6) is 0 Å².